The minimum absolute atomic E-state index is 0.0151. The minimum Gasteiger partial charge on any atom is -0.481 e. The molecule has 180 valence electrons. The molecule has 0 aromatic carbocycles. The lowest BCUT2D eigenvalue weighted by molar-refractivity contribution is -0.146. The number of Topliss-reactive ketones (excluding diaryl/α,β-unsaturated/α-hetero) is 3. The van der Waals surface area contributed by atoms with E-state index in [9.17, 15) is 24.3 Å². The quantitative estimate of drug-likeness (QED) is 0.618. The molecular weight excluding hydrogens is 420 g/mol. The fraction of sp³-hybridized carbons (Fsp3) is 0.704. The van der Waals surface area contributed by atoms with Crippen molar-refractivity contribution < 1.29 is 29.4 Å². The molecule has 0 bridgehead atoms. The van der Waals surface area contributed by atoms with Crippen LogP contribution in [-0.4, -0.2) is 39.6 Å². The van der Waals surface area contributed by atoms with Gasteiger partial charge in [-0.2, -0.15) is 0 Å². The van der Waals surface area contributed by atoms with E-state index in [-0.39, 0.29) is 54.9 Å². The molecule has 0 heterocycles. The van der Waals surface area contributed by atoms with E-state index in [4.69, 9.17) is 5.11 Å². The fourth-order valence-electron chi connectivity index (χ4n) is 8.08. The van der Waals surface area contributed by atoms with Gasteiger partial charge >= 0.3 is 5.97 Å². The SMILES string of the molecule is C=C(CCC(=O)O)[C@@H]1CC(=O)[C@]2(C)C3=C(C(=O)C[C@]12C)[C@]1(C)CCC(=O)C(C)(C)[C@H]1C[C@H]3O. The first-order valence-electron chi connectivity index (χ1n) is 12.0. The number of aliphatic hydroxyl groups is 1. The number of carbonyl (C=O) groups excluding carboxylic acids is 3. The van der Waals surface area contributed by atoms with Crippen molar-refractivity contribution in [2.45, 2.75) is 85.7 Å². The number of hydrogen-bond acceptors (Lipinski definition) is 5. The van der Waals surface area contributed by atoms with Gasteiger partial charge in [0.1, 0.15) is 11.6 Å². The summed E-state index contributed by atoms with van der Waals surface area (Å²) in [5.74, 6) is -1.31. The van der Waals surface area contributed by atoms with Gasteiger partial charge in [0.05, 0.1) is 11.5 Å². The molecular formula is C27H36O6. The number of carbonyl (C=O) groups is 4. The number of rotatable bonds is 4. The van der Waals surface area contributed by atoms with E-state index in [2.05, 4.69) is 6.58 Å². The zero-order chi connectivity index (χ0) is 24.7. The van der Waals surface area contributed by atoms with E-state index in [0.29, 0.717) is 36.0 Å². The lowest BCUT2D eigenvalue weighted by atomic mass is 9.42. The molecule has 4 aliphatic rings. The van der Waals surface area contributed by atoms with Crippen molar-refractivity contribution in [1.82, 2.24) is 0 Å². The molecule has 0 spiro atoms. The highest BCUT2D eigenvalue weighted by molar-refractivity contribution is 6.05. The summed E-state index contributed by atoms with van der Waals surface area (Å²) in [5.41, 5.74) is -1.17. The number of aliphatic carboxylic acids is 1. The van der Waals surface area contributed by atoms with Crippen molar-refractivity contribution in [3.8, 4) is 0 Å². The second-order valence-corrected chi connectivity index (χ2v) is 12.0. The highest BCUT2D eigenvalue weighted by Gasteiger charge is 2.70. The van der Waals surface area contributed by atoms with Crippen molar-refractivity contribution >= 4 is 23.3 Å². The first-order chi connectivity index (χ1) is 15.1. The Hall–Kier alpha value is -2.08. The summed E-state index contributed by atoms with van der Waals surface area (Å²) in [6.45, 7) is 13.8. The highest BCUT2D eigenvalue weighted by Crippen LogP contribution is 2.70. The first kappa shape index (κ1) is 24.1. The first-order valence-corrected chi connectivity index (χ1v) is 12.0. The van der Waals surface area contributed by atoms with E-state index < -0.39 is 33.7 Å². The van der Waals surface area contributed by atoms with Crippen LogP contribution in [0.5, 0.6) is 0 Å². The van der Waals surface area contributed by atoms with E-state index in [1.54, 1.807) is 0 Å². The largest absolute Gasteiger partial charge is 0.481 e. The predicted molar refractivity (Wildman–Crippen MR) is 122 cm³/mol. The van der Waals surface area contributed by atoms with Crippen LogP contribution in [0, 0.1) is 33.5 Å². The fourth-order valence-corrected chi connectivity index (χ4v) is 8.08. The van der Waals surface area contributed by atoms with Crippen LogP contribution in [0.1, 0.15) is 79.6 Å². The molecule has 4 aliphatic carbocycles. The summed E-state index contributed by atoms with van der Waals surface area (Å²) in [5, 5.41) is 20.6. The average molecular weight is 457 g/mol. The summed E-state index contributed by atoms with van der Waals surface area (Å²) in [7, 11) is 0. The summed E-state index contributed by atoms with van der Waals surface area (Å²) >= 11 is 0. The summed E-state index contributed by atoms with van der Waals surface area (Å²) in [6, 6.07) is 0. The Bertz CT molecular complexity index is 1020. The number of carboxylic acid groups (broad SMARTS) is 1. The molecule has 0 unspecified atom stereocenters. The predicted octanol–water partition coefficient (Wildman–Crippen LogP) is 4.05. The van der Waals surface area contributed by atoms with Crippen molar-refractivity contribution in [2.24, 2.45) is 33.5 Å². The lowest BCUT2D eigenvalue weighted by Crippen LogP contribution is -2.59. The molecule has 0 aliphatic heterocycles. The molecule has 0 radical (unpaired) electrons. The number of aliphatic hydroxyl groups excluding tert-OH is 1. The van der Waals surface area contributed by atoms with E-state index in [0.717, 1.165) is 0 Å². The van der Waals surface area contributed by atoms with Gasteiger partial charge < -0.3 is 10.2 Å². The van der Waals surface area contributed by atoms with Crippen LogP contribution in [0.2, 0.25) is 0 Å². The third-order valence-electron chi connectivity index (χ3n) is 10.2. The number of ketones is 3. The Morgan fingerprint density at radius 1 is 1.06 bits per heavy atom. The van der Waals surface area contributed by atoms with Gasteiger partial charge in [-0.15, -0.1) is 0 Å². The van der Waals surface area contributed by atoms with Gasteiger partial charge in [0.25, 0.3) is 0 Å². The van der Waals surface area contributed by atoms with Crippen LogP contribution in [-0.2, 0) is 19.2 Å². The molecule has 2 saturated carbocycles. The van der Waals surface area contributed by atoms with Gasteiger partial charge in [0.2, 0.25) is 0 Å². The summed E-state index contributed by atoms with van der Waals surface area (Å²) in [6.07, 6.45) is 0.878. The maximum Gasteiger partial charge on any atom is 0.303 e. The van der Waals surface area contributed by atoms with E-state index in [1.807, 2.05) is 34.6 Å². The lowest BCUT2D eigenvalue weighted by Gasteiger charge is -2.60. The van der Waals surface area contributed by atoms with Crippen molar-refractivity contribution in [3.63, 3.8) is 0 Å². The van der Waals surface area contributed by atoms with Gasteiger partial charge in [0.15, 0.2) is 5.78 Å². The maximum atomic E-state index is 13.9. The molecule has 0 aromatic heterocycles. The molecule has 33 heavy (non-hydrogen) atoms. The standard InChI is InChI=1S/C27H36O6/c1-14(7-8-21(32)33)15-11-20(31)27(6)23-16(28)12-18-24(2,3)19(30)9-10-25(18,4)22(23)17(29)13-26(15,27)5/h15-16,18,28H,1,7-13H2,2-6H3,(H,32,33)/t15-,16+,18+,25+,26+,27+/m0/s1. The Balaban J connectivity index is 1.86. The monoisotopic (exact) mass is 456 g/mol. The van der Waals surface area contributed by atoms with Crippen molar-refractivity contribution in [3.05, 3.63) is 23.3 Å². The molecule has 6 heteroatoms. The Kier molecular flexibility index (Phi) is 5.25. The van der Waals surface area contributed by atoms with Crippen LogP contribution in [0.25, 0.3) is 0 Å². The van der Waals surface area contributed by atoms with Crippen LogP contribution in [0.15, 0.2) is 23.3 Å². The molecule has 2 N–H and O–H groups in total. The van der Waals surface area contributed by atoms with E-state index >= 15 is 0 Å². The third kappa shape index (κ3) is 2.95. The van der Waals surface area contributed by atoms with Gasteiger partial charge in [-0.1, -0.05) is 39.8 Å². The van der Waals surface area contributed by atoms with Crippen LogP contribution >= 0.6 is 0 Å². The number of fused-ring (bicyclic) bond motifs is 4. The molecule has 6 nitrogen and oxygen atoms in total. The summed E-state index contributed by atoms with van der Waals surface area (Å²) in [4.78, 5) is 51.4. The van der Waals surface area contributed by atoms with Gasteiger partial charge in [-0.3, -0.25) is 19.2 Å². The summed E-state index contributed by atoms with van der Waals surface area (Å²) < 4.78 is 0. The zero-order valence-corrected chi connectivity index (χ0v) is 20.4. The second kappa shape index (κ2) is 7.21. The zero-order valence-electron chi connectivity index (χ0n) is 20.4. The minimum atomic E-state index is -1.02. The van der Waals surface area contributed by atoms with Crippen LogP contribution < -0.4 is 0 Å². The molecule has 6 atom stereocenters. The average Bonchev–Trinajstić information content (AvgIpc) is 2.92. The Morgan fingerprint density at radius 2 is 1.70 bits per heavy atom. The van der Waals surface area contributed by atoms with Crippen molar-refractivity contribution in [2.75, 3.05) is 0 Å². The van der Waals surface area contributed by atoms with E-state index in [1.165, 1.54) is 0 Å². The molecule has 4 rings (SSSR count). The molecule has 0 amide bonds. The highest BCUT2D eigenvalue weighted by atomic mass is 16.4. The maximum absolute atomic E-state index is 13.9. The number of allylic oxidation sites excluding steroid dienone is 2. The Morgan fingerprint density at radius 3 is 2.30 bits per heavy atom. The smallest absolute Gasteiger partial charge is 0.303 e. The van der Waals surface area contributed by atoms with Crippen LogP contribution in [0.4, 0.5) is 0 Å². The Labute approximate surface area is 195 Å². The van der Waals surface area contributed by atoms with Crippen molar-refractivity contribution in [1.29, 1.82) is 0 Å². The van der Waals surface area contributed by atoms with Gasteiger partial charge in [-0.05, 0) is 49.0 Å². The van der Waals surface area contributed by atoms with Crippen LogP contribution in [0.3, 0.4) is 0 Å². The molecule has 0 aromatic rings. The normalized spacial score (nSPS) is 42.0. The third-order valence-corrected chi connectivity index (χ3v) is 10.2. The van der Waals surface area contributed by atoms with Gasteiger partial charge in [-0.25, -0.2) is 0 Å². The molecule has 2 fully saturated rings. The van der Waals surface area contributed by atoms with Gasteiger partial charge in [0, 0.05) is 42.1 Å². The topological polar surface area (TPSA) is 109 Å². The number of hydrogen-bond donors (Lipinski definition) is 2. The second-order valence-electron chi connectivity index (χ2n) is 12.0. The number of carboxylic acids is 1. The molecule has 0 saturated heterocycles.